The van der Waals surface area contributed by atoms with E-state index in [0.29, 0.717) is 24.4 Å². The molecule has 1 N–H and O–H groups in total. The first-order chi connectivity index (χ1) is 28.6. The topological polar surface area (TPSA) is 30.9 Å². The molecule has 10 rings (SSSR count). The summed E-state index contributed by atoms with van der Waals surface area (Å²) in [6.07, 6.45) is 29.6. The molecule has 6 aliphatic rings. The van der Waals surface area contributed by atoms with Crippen LogP contribution in [0.3, 0.4) is 0 Å². The van der Waals surface area contributed by atoms with E-state index in [-0.39, 0.29) is 6.04 Å². The van der Waals surface area contributed by atoms with Crippen LogP contribution in [0.1, 0.15) is 79.2 Å². The van der Waals surface area contributed by atoms with Crippen molar-refractivity contribution >= 4 is 17.1 Å². The van der Waals surface area contributed by atoms with Gasteiger partial charge in [0, 0.05) is 64.4 Å². The molecule has 0 radical (unpaired) electrons. The fourth-order valence-corrected chi connectivity index (χ4v) is 10.7. The summed E-state index contributed by atoms with van der Waals surface area (Å²) < 4.78 is 0. The monoisotopic (exact) mass is 758 g/mol. The summed E-state index contributed by atoms with van der Waals surface area (Å²) in [5.74, 6) is 1.20. The Morgan fingerprint density at radius 3 is 2.48 bits per heavy atom. The second-order valence-corrected chi connectivity index (χ2v) is 16.6. The molecule has 0 saturated heterocycles. The largest absolute Gasteiger partial charge is 0.388 e. The molecule has 290 valence electrons. The number of para-hydroxylation sites is 2. The Hall–Kier alpha value is -5.87. The third-order valence-electron chi connectivity index (χ3n) is 13.6. The highest BCUT2D eigenvalue weighted by atomic mass is 15.3. The third kappa shape index (κ3) is 6.25. The van der Waals surface area contributed by atoms with Gasteiger partial charge in [-0.3, -0.25) is 4.99 Å². The molecule has 2 heterocycles. The first kappa shape index (κ1) is 36.5. The third-order valence-corrected chi connectivity index (χ3v) is 13.6. The number of benzene rings is 4. The van der Waals surface area contributed by atoms with Crippen LogP contribution in [-0.4, -0.2) is 30.4 Å². The van der Waals surface area contributed by atoms with E-state index in [1.807, 2.05) is 7.05 Å². The van der Waals surface area contributed by atoms with Crippen LogP contribution in [0.25, 0.3) is 11.1 Å². The molecular weight excluding hydrogens is 705 g/mol. The lowest BCUT2D eigenvalue weighted by molar-refractivity contribution is 0.261. The van der Waals surface area contributed by atoms with Crippen molar-refractivity contribution in [2.75, 3.05) is 23.9 Å². The summed E-state index contributed by atoms with van der Waals surface area (Å²) in [6, 6.07) is 33.7. The highest BCUT2D eigenvalue weighted by Crippen LogP contribution is 2.56. The fourth-order valence-electron chi connectivity index (χ4n) is 10.7. The van der Waals surface area contributed by atoms with Gasteiger partial charge in [0.05, 0.1) is 11.8 Å². The van der Waals surface area contributed by atoms with Crippen LogP contribution < -0.4 is 10.2 Å². The average Bonchev–Trinajstić information content (AvgIpc) is 3.78. The molecule has 4 atom stereocenters. The van der Waals surface area contributed by atoms with Crippen molar-refractivity contribution in [3.8, 4) is 11.1 Å². The number of allylic oxidation sites excluding steroid dienone is 11. The molecule has 0 bridgehead atoms. The minimum atomic E-state index is 0.233. The molecule has 0 spiro atoms. The Balaban J connectivity index is 1.08. The van der Waals surface area contributed by atoms with Gasteiger partial charge >= 0.3 is 0 Å². The van der Waals surface area contributed by atoms with Crippen molar-refractivity contribution in [1.82, 2.24) is 4.90 Å². The van der Waals surface area contributed by atoms with Crippen LogP contribution in [0.5, 0.6) is 0 Å². The normalized spacial score (nSPS) is 23.2. The summed E-state index contributed by atoms with van der Waals surface area (Å²) in [5.41, 5.74) is 19.7. The van der Waals surface area contributed by atoms with E-state index in [1.165, 1.54) is 67.3 Å². The van der Waals surface area contributed by atoms with E-state index < -0.39 is 0 Å². The number of hydrogen-bond donors (Lipinski definition) is 1. The molecule has 0 amide bonds. The van der Waals surface area contributed by atoms with Gasteiger partial charge in [-0.2, -0.15) is 0 Å². The van der Waals surface area contributed by atoms with E-state index in [2.05, 4.69) is 175 Å². The Labute approximate surface area is 345 Å². The lowest BCUT2D eigenvalue weighted by Gasteiger charge is -2.37. The van der Waals surface area contributed by atoms with Gasteiger partial charge in [0.2, 0.25) is 0 Å². The molecule has 2 aliphatic heterocycles. The molecule has 4 aromatic carbocycles. The van der Waals surface area contributed by atoms with Crippen LogP contribution in [-0.2, 0) is 6.42 Å². The second-order valence-electron chi connectivity index (χ2n) is 16.6. The highest BCUT2D eigenvalue weighted by molar-refractivity contribution is 6.17. The van der Waals surface area contributed by atoms with E-state index in [4.69, 9.17) is 4.99 Å². The van der Waals surface area contributed by atoms with E-state index in [0.717, 1.165) is 61.9 Å². The fraction of sp³-hybridized carbons (Fsp3) is 0.278. The van der Waals surface area contributed by atoms with Crippen molar-refractivity contribution in [2.24, 2.45) is 16.8 Å². The highest BCUT2D eigenvalue weighted by Gasteiger charge is 2.48. The minimum absolute atomic E-state index is 0.233. The summed E-state index contributed by atoms with van der Waals surface area (Å²) >= 11 is 0. The van der Waals surface area contributed by atoms with Gasteiger partial charge in [-0.1, -0.05) is 128 Å². The molecule has 4 aromatic rings. The van der Waals surface area contributed by atoms with Crippen LogP contribution in [0.4, 0.5) is 11.4 Å². The number of nitrogens with zero attached hydrogens (tertiary/aromatic N) is 3. The Kier molecular flexibility index (Phi) is 9.73. The molecule has 0 aromatic heterocycles. The molecule has 4 heteroatoms. The first-order valence-electron chi connectivity index (χ1n) is 21.6. The van der Waals surface area contributed by atoms with Gasteiger partial charge in [0.1, 0.15) is 6.67 Å². The smallest absolute Gasteiger partial charge is 0.111 e. The molecule has 58 heavy (non-hydrogen) atoms. The van der Waals surface area contributed by atoms with Gasteiger partial charge < -0.3 is 15.1 Å². The lowest BCUT2D eigenvalue weighted by atomic mass is 9.76. The van der Waals surface area contributed by atoms with Crippen LogP contribution in [0.15, 0.2) is 179 Å². The minimum Gasteiger partial charge on any atom is -0.388 e. The lowest BCUT2D eigenvalue weighted by Crippen LogP contribution is -2.38. The predicted molar refractivity (Wildman–Crippen MR) is 243 cm³/mol. The summed E-state index contributed by atoms with van der Waals surface area (Å²) in [7, 11) is 2.02. The zero-order chi connectivity index (χ0) is 39.2. The van der Waals surface area contributed by atoms with Gasteiger partial charge in [0.15, 0.2) is 0 Å². The van der Waals surface area contributed by atoms with Crippen molar-refractivity contribution in [3.05, 3.63) is 202 Å². The van der Waals surface area contributed by atoms with E-state index in [9.17, 15) is 0 Å². The zero-order valence-electron chi connectivity index (χ0n) is 34.2. The summed E-state index contributed by atoms with van der Waals surface area (Å²) in [5, 5.41) is 3.50. The number of fused-ring (bicyclic) bond motifs is 5. The summed E-state index contributed by atoms with van der Waals surface area (Å²) in [4.78, 5) is 11.0. The molecule has 4 aliphatic carbocycles. The predicted octanol–water partition coefficient (Wildman–Crippen LogP) is 12.6. The number of aryl methyl sites for hydroxylation is 1. The molecule has 0 saturated carbocycles. The van der Waals surface area contributed by atoms with Crippen molar-refractivity contribution in [1.29, 1.82) is 0 Å². The Bertz CT molecular complexity index is 2520. The molecular formula is C54H54N4. The zero-order valence-corrected chi connectivity index (χ0v) is 34.2. The molecule has 4 nitrogen and oxygen atoms in total. The van der Waals surface area contributed by atoms with Crippen molar-refractivity contribution in [3.63, 3.8) is 0 Å². The van der Waals surface area contributed by atoms with E-state index in [1.54, 1.807) is 0 Å². The number of nitrogens with one attached hydrogen (secondary N) is 1. The number of anilines is 2. The van der Waals surface area contributed by atoms with E-state index >= 15 is 0 Å². The SMILES string of the molecule is CCc1ccccc1-c1cccc(/C(=N/CN2C3=C(C=CCC3)C3CC4C(=CC32)N(C2=CC(C3=CCCC=C3)CC=C2)c2ccccc24)c2ccccc2NC)c1C. The van der Waals surface area contributed by atoms with Crippen LogP contribution >= 0.6 is 0 Å². The maximum atomic E-state index is 5.74. The number of hydrogen-bond acceptors (Lipinski definition) is 4. The maximum absolute atomic E-state index is 5.74. The maximum Gasteiger partial charge on any atom is 0.111 e. The Morgan fingerprint density at radius 2 is 1.60 bits per heavy atom. The quantitative estimate of drug-likeness (QED) is 0.172. The first-order valence-corrected chi connectivity index (χ1v) is 21.6. The van der Waals surface area contributed by atoms with Gasteiger partial charge in [-0.25, -0.2) is 0 Å². The average molecular weight is 759 g/mol. The molecule has 4 unspecified atom stereocenters. The van der Waals surface area contributed by atoms with Gasteiger partial charge in [-0.05, 0) is 115 Å². The molecule has 0 fully saturated rings. The van der Waals surface area contributed by atoms with Crippen LogP contribution in [0, 0.1) is 18.8 Å². The Morgan fingerprint density at radius 1 is 0.793 bits per heavy atom. The van der Waals surface area contributed by atoms with Crippen molar-refractivity contribution < 1.29 is 0 Å². The van der Waals surface area contributed by atoms with Crippen LogP contribution in [0.2, 0.25) is 0 Å². The standard InChI is InChI=1S/C54H54N4/c1-4-37-18-8-9-23-43(37)41-27-17-28-42(36(41)2)54(46-26-10-13-29-49(46)55-3)56-35-57-50-30-14-11-24-44(50)47-33-48-45-25-12-15-31-51(45)58(53(48)34-52(47)57)40-22-16-21-39(32-40)38-19-6-5-7-20-38/h6,8-13,15-20,22-29,31-32,34,39,47-48,52,55H,4-5,7,14,21,30,33,35H2,1-3H3/b56-54-. The summed E-state index contributed by atoms with van der Waals surface area (Å²) in [6.45, 7) is 5.13. The van der Waals surface area contributed by atoms with Gasteiger partial charge in [0.25, 0.3) is 0 Å². The van der Waals surface area contributed by atoms with Gasteiger partial charge in [-0.15, -0.1) is 0 Å². The second kappa shape index (κ2) is 15.5. The van der Waals surface area contributed by atoms with Crippen molar-refractivity contribution in [2.45, 2.75) is 70.8 Å². The number of aliphatic imine (C=N–C) groups is 1. The number of rotatable bonds is 9.